The molecule has 0 aliphatic rings. The SMILES string of the molecule is CC(CCCCCCC(=O)O)C(C)(C)C(=O)O. The second-order valence-electron chi connectivity index (χ2n) is 5.27. The fourth-order valence-electron chi connectivity index (χ4n) is 1.65. The van der Waals surface area contributed by atoms with E-state index < -0.39 is 17.4 Å². The van der Waals surface area contributed by atoms with Gasteiger partial charge in [-0.05, 0) is 32.6 Å². The number of carbonyl (C=O) groups is 2. The normalized spacial score (nSPS) is 13.4. The van der Waals surface area contributed by atoms with Crippen molar-refractivity contribution in [3.8, 4) is 0 Å². The molecule has 0 saturated heterocycles. The van der Waals surface area contributed by atoms with Crippen LogP contribution in [0.25, 0.3) is 0 Å². The van der Waals surface area contributed by atoms with Crippen molar-refractivity contribution in [3.63, 3.8) is 0 Å². The first-order chi connectivity index (χ1) is 7.78. The van der Waals surface area contributed by atoms with Crippen LogP contribution in [0.4, 0.5) is 0 Å². The molecule has 0 bridgehead atoms. The first-order valence-corrected chi connectivity index (χ1v) is 6.23. The van der Waals surface area contributed by atoms with E-state index in [0.717, 1.165) is 25.7 Å². The van der Waals surface area contributed by atoms with Gasteiger partial charge in [0.1, 0.15) is 0 Å². The molecule has 2 N–H and O–H groups in total. The van der Waals surface area contributed by atoms with Gasteiger partial charge in [-0.2, -0.15) is 0 Å². The van der Waals surface area contributed by atoms with Gasteiger partial charge in [-0.1, -0.05) is 26.2 Å². The van der Waals surface area contributed by atoms with Gasteiger partial charge in [-0.25, -0.2) is 0 Å². The van der Waals surface area contributed by atoms with Crippen molar-refractivity contribution < 1.29 is 19.8 Å². The standard InChI is InChI=1S/C13H24O4/c1-10(13(2,3)12(16)17)8-6-4-5-7-9-11(14)15/h10H,4-9H2,1-3H3,(H,14,15)(H,16,17). The highest BCUT2D eigenvalue weighted by atomic mass is 16.4. The first kappa shape index (κ1) is 15.9. The van der Waals surface area contributed by atoms with Crippen LogP contribution in [0.3, 0.4) is 0 Å². The third-order valence-electron chi connectivity index (χ3n) is 3.56. The maximum Gasteiger partial charge on any atom is 0.309 e. The first-order valence-electron chi connectivity index (χ1n) is 6.23. The van der Waals surface area contributed by atoms with E-state index >= 15 is 0 Å². The van der Waals surface area contributed by atoms with Gasteiger partial charge in [-0.15, -0.1) is 0 Å². The maximum atomic E-state index is 11.0. The lowest BCUT2D eigenvalue weighted by Gasteiger charge is -2.27. The van der Waals surface area contributed by atoms with Crippen LogP contribution in [0.5, 0.6) is 0 Å². The van der Waals surface area contributed by atoms with E-state index in [0.29, 0.717) is 6.42 Å². The molecular formula is C13H24O4. The number of aliphatic carboxylic acids is 2. The van der Waals surface area contributed by atoms with Crippen molar-refractivity contribution in [1.82, 2.24) is 0 Å². The Balaban J connectivity index is 3.68. The highest BCUT2D eigenvalue weighted by molar-refractivity contribution is 5.73. The molecule has 4 nitrogen and oxygen atoms in total. The van der Waals surface area contributed by atoms with Gasteiger partial charge in [0.05, 0.1) is 5.41 Å². The zero-order chi connectivity index (χ0) is 13.5. The largest absolute Gasteiger partial charge is 0.481 e. The Morgan fingerprint density at radius 3 is 2.06 bits per heavy atom. The summed E-state index contributed by atoms with van der Waals surface area (Å²) >= 11 is 0. The minimum Gasteiger partial charge on any atom is -0.481 e. The molecule has 4 heteroatoms. The van der Waals surface area contributed by atoms with Crippen molar-refractivity contribution >= 4 is 11.9 Å². The molecule has 0 rings (SSSR count). The molecule has 0 heterocycles. The number of unbranched alkanes of at least 4 members (excludes halogenated alkanes) is 3. The number of hydrogen-bond donors (Lipinski definition) is 2. The molecule has 17 heavy (non-hydrogen) atoms. The monoisotopic (exact) mass is 244 g/mol. The van der Waals surface area contributed by atoms with Crippen molar-refractivity contribution in [2.75, 3.05) is 0 Å². The van der Waals surface area contributed by atoms with Crippen molar-refractivity contribution in [3.05, 3.63) is 0 Å². The summed E-state index contributed by atoms with van der Waals surface area (Å²) in [4.78, 5) is 21.3. The number of hydrogen-bond acceptors (Lipinski definition) is 2. The third-order valence-corrected chi connectivity index (χ3v) is 3.56. The molecule has 1 atom stereocenters. The molecule has 0 aliphatic carbocycles. The second-order valence-corrected chi connectivity index (χ2v) is 5.27. The Bertz CT molecular complexity index is 258. The molecule has 0 saturated carbocycles. The molecule has 1 unspecified atom stereocenters. The maximum absolute atomic E-state index is 11.0. The van der Waals surface area contributed by atoms with E-state index in [4.69, 9.17) is 10.2 Å². The smallest absolute Gasteiger partial charge is 0.309 e. The summed E-state index contributed by atoms with van der Waals surface area (Å²) in [6.07, 6.45) is 4.69. The second kappa shape index (κ2) is 7.30. The molecule has 0 aromatic rings. The van der Waals surface area contributed by atoms with Crippen LogP contribution in [0.2, 0.25) is 0 Å². The molecule has 0 amide bonds. The van der Waals surface area contributed by atoms with Crippen LogP contribution in [0.15, 0.2) is 0 Å². The van der Waals surface area contributed by atoms with E-state index in [1.54, 1.807) is 13.8 Å². The molecule has 100 valence electrons. The lowest BCUT2D eigenvalue weighted by atomic mass is 9.77. The van der Waals surface area contributed by atoms with Gasteiger partial charge in [-0.3, -0.25) is 9.59 Å². The minimum absolute atomic E-state index is 0.138. The fourth-order valence-corrected chi connectivity index (χ4v) is 1.65. The molecule has 0 aromatic carbocycles. The Labute approximate surface area is 103 Å². The predicted molar refractivity (Wildman–Crippen MR) is 65.9 cm³/mol. The van der Waals surface area contributed by atoms with Crippen LogP contribution in [0.1, 0.15) is 59.3 Å². The Hall–Kier alpha value is -1.06. The van der Waals surface area contributed by atoms with Crippen molar-refractivity contribution in [2.24, 2.45) is 11.3 Å². The lowest BCUT2D eigenvalue weighted by molar-refractivity contribution is -0.150. The van der Waals surface area contributed by atoms with Gasteiger partial charge in [0, 0.05) is 6.42 Å². The van der Waals surface area contributed by atoms with Crippen LogP contribution in [-0.2, 0) is 9.59 Å². The third kappa shape index (κ3) is 6.29. The van der Waals surface area contributed by atoms with E-state index in [1.165, 1.54) is 0 Å². The average Bonchev–Trinajstić information content (AvgIpc) is 2.21. The summed E-state index contributed by atoms with van der Waals surface area (Å²) in [5.74, 6) is -1.36. The number of carboxylic acid groups (broad SMARTS) is 2. The summed E-state index contributed by atoms with van der Waals surface area (Å²) < 4.78 is 0. The van der Waals surface area contributed by atoms with E-state index in [-0.39, 0.29) is 12.3 Å². The lowest BCUT2D eigenvalue weighted by Crippen LogP contribution is -2.31. The molecule has 0 aliphatic heterocycles. The summed E-state index contributed by atoms with van der Waals surface area (Å²) in [7, 11) is 0. The van der Waals surface area contributed by atoms with Crippen LogP contribution in [0, 0.1) is 11.3 Å². The number of carboxylic acids is 2. The van der Waals surface area contributed by atoms with Gasteiger partial charge in [0.15, 0.2) is 0 Å². The van der Waals surface area contributed by atoms with E-state index in [9.17, 15) is 9.59 Å². The van der Waals surface area contributed by atoms with Crippen molar-refractivity contribution in [1.29, 1.82) is 0 Å². The van der Waals surface area contributed by atoms with Gasteiger partial charge < -0.3 is 10.2 Å². The summed E-state index contributed by atoms with van der Waals surface area (Å²) in [6, 6.07) is 0. The highest BCUT2D eigenvalue weighted by Gasteiger charge is 2.33. The highest BCUT2D eigenvalue weighted by Crippen LogP contribution is 2.30. The zero-order valence-corrected chi connectivity index (χ0v) is 11.0. The molecular weight excluding hydrogens is 220 g/mol. The van der Waals surface area contributed by atoms with Crippen LogP contribution < -0.4 is 0 Å². The number of rotatable bonds is 9. The van der Waals surface area contributed by atoms with E-state index in [2.05, 4.69) is 0 Å². The van der Waals surface area contributed by atoms with Crippen LogP contribution in [-0.4, -0.2) is 22.2 Å². The summed E-state index contributed by atoms with van der Waals surface area (Å²) in [5.41, 5.74) is -0.679. The molecule has 0 radical (unpaired) electrons. The van der Waals surface area contributed by atoms with Gasteiger partial charge in [0.2, 0.25) is 0 Å². The Morgan fingerprint density at radius 1 is 1.06 bits per heavy atom. The molecule has 0 aromatic heterocycles. The van der Waals surface area contributed by atoms with Crippen LogP contribution >= 0.6 is 0 Å². The Morgan fingerprint density at radius 2 is 1.59 bits per heavy atom. The zero-order valence-electron chi connectivity index (χ0n) is 11.0. The Kier molecular flexibility index (Phi) is 6.85. The fraction of sp³-hybridized carbons (Fsp3) is 0.846. The predicted octanol–water partition coefficient (Wildman–Crippen LogP) is 3.16. The minimum atomic E-state index is -0.754. The van der Waals surface area contributed by atoms with E-state index in [1.807, 2.05) is 6.92 Å². The summed E-state index contributed by atoms with van der Waals surface area (Å²) in [6.45, 7) is 5.47. The van der Waals surface area contributed by atoms with Gasteiger partial charge in [0.25, 0.3) is 0 Å². The van der Waals surface area contributed by atoms with Crippen molar-refractivity contribution in [2.45, 2.75) is 59.3 Å². The topological polar surface area (TPSA) is 74.6 Å². The average molecular weight is 244 g/mol. The molecule has 0 fully saturated rings. The van der Waals surface area contributed by atoms with Gasteiger partial charge >= 0.3 is 11.9 Å². The summed E-state index contributed by atoms with van der Waals surface area (Å²) in [5, 5.41) is 17.5. The molecule has 0 spiro atoms. The quantitative estimate of drug-likeness (QED) is 0.611.